The molecule has 0 fully saturated rings. The summed E-state index contributed by atoms with van der Waals surface area (Å²) in [5.41, 5.74) is 1.75. The first kappa shape index (κ1) is 13.7. The molecule has 4 nitrogen and oxygen atoms in total. The van der Waals surface area contributed by atoms with Crippen molar-refractivity contribution in [1.29, 1.82) is 0 Å². The largest absolute Gasteiger partial charge is 0.461 e. The Morgan fingerprint density at radius 1 is 1.42 bits per heavy atom. The molecule has 0 atom stereocenters. The van der Waals surface area contributed by atoms with Gasteiger partial charge in [-0.15, -0.1) is 11.3 Å². The molecule has 0 unspecified atom stereocenters. The molecule has 0 aliphatic rings. The van der Waals surface area contributed by atoms with Gasteiger partial charge in [0.2, 0.25) is 5.01 Å². The number of carbonyl (C=O) groups is 2. The zero-order valence-corrected chi connectivity index (χ0v) is 11.6. The second kappa shape index (κ2) is 5.95. The van der Waals surface area contributed by atoms with E-state index in [1.807, 2.05) is 0 Å². The number of nitrogens with zero attached hydrogens (tertiary/aromatic N) is 1. The van der Waals surface area contributed by atoms with Crippen LogP contribution < -0.4 is 0 Å². The fourth-order valence-corrected chi connectivity index (χ4v) is 2.33. The standard InChI is InChI=1S/C13H10ClNO3S/c1-2-18-13(17)12-15-10(7-19-12)8-4-3-5-9(6-8)11(14)16/h3-7H,2H2,1H3. The topological polar surface area (TPSA) is 56.3 Å². The minimum Gasteiger partial charge on any atom is -0.461 e. The van der Waals surface area contributed by atoms with Crippen LogP contribution >= 0.6 is 22.9 Å². The van der Waals surface area contributed by atoms with E-state index in [0.29, 0.717) is 22.9 Å². The van der Waals surface area contributed by atoms with E-state index in [1.54, 1.807) is 36.6 Å². The van der Waals surface area contributed by atoms with Crippen LogP contribution in [0, 0.1) is 0 Å². The molecule has 0 saturated carbocycles. The lowest BCUT2D eigenvalue weighted by atomic mass is 10.1. The molecule has 0 amide bonds. The van der Waals surface area contributed by atoms with Gasteiger partial charge in [-0.25, -0.2) is 9.78 Å². The first-order chi connectivity index (χ1) is 9.11. The summed E-state index contributed by atoms with van der Waals surface area (Å²) in [7, 11) is 0. The minimum atomic E-state index is -0.525. The summed E-state index contributed by atoms with van der Waals surface area (Å²) in [5.74, 6) is -0.441. The Morgan fingerprint density at radius 2 is 2.21 bits per heavy atom. The van der Waals surface area contributed by atoms with E-state index in [4.69, 9.17) is 16.3 Å². The fraction of sp³-hybridized carbons (Fsp3) is 0.154. The van der Waals surface area contributed by atoms with Crippen molar-refractivity contribution in [3.63, 3.8) is 0 Å². The number of aromatic nitrogens is 1. The summed E-state index contributed by atoms with van der Waals surface area (Å²) < 4.78 is 4.87. The monoisotopic (exact) mass is 295 g/mol. The van der Waals surface area contributed by atoms with Crippen LogP contribution in [-0.2, 0) is 4.74 Å². The van der Waals surface area contributed by atoms with Crippen molar-refractivity contribution in [1.82, 2.24) is 4.98 Å². The molecule has 0 N–H and O–H groups in total. The molecule has 1 aromatic heterocycles. The maximum atomic E-state index is 11.5. The van der Waals surface area contributed by atoms with Crippen molar-refractivity contribution < 1.29 is 14.3 Å². The number of hydrogen-bond acceptors (Lipinski definition) is 5. The van der Waals surface area contributed by atoms with E-state index < -0.39 is 11.2 Å². The lowest BCUT2D eigenvalue weighted by molar-refractivity contribution is 0.0526. The average molecular weight is 296 g/mol. The Kier molecular flexibility index (Phi) is 4.29. The van der Waals surface area contributed by atoms with Gasteiger partial charge in [0.15, 0.2) is 0 Å². The number of ether oxygens (including phenoxy) is 1. The van der Waals surface area contributed by atoms with Crippen molar-refractivity contribution in [3.05, 3.63) is 40.2 Å². The van der Waals surface area contributed by atoms with E-state index in [0.717, 1.165) is 5.56 Å². The van der Waals surface area contributed by atoms with Gasteiger partial charge >= 0.3 is 5.97 Å². The third kappa shape index (κ3) is 3.19. The molecular formula is C13H10ClNO3S. The minimum absolute atomic E-state index is 0.291. The number of carbonyl (C=O) groups excluding carboxylic acids is 2. The molecule has 2 rings (SSSR count). The van der Waals surface area contributed by atoms with Crippen molar-refractivity contribution in [2.24, 2.45) is 0 Å². The molecule has 0 bridgehead atoms. The van der Waals surface area contributed by atoms with Gasteiger partial charge in [0.05, 0.1) is 12.3 Å². The van der Waals surface area contributed by atoms with E-state index in [2.05, 4.69) is 4.98 Å². The van der Waals surface area contributed by atoms with Gasteiger partial charge in [0.25, 0.3) is 5.24 Å². The van der Waals surface area contributed by atoms with E-state index >= 15 is 0 Å². The molecular weight excluding hydrogens is 286 g/mol. The highest BCUT2D eigenvalue weighted by atomic mass is 35.5. The van der Waals surface area contributed by atoms with Gasteiger partial charge in [0, 0.05) is 16.5 Å². The van der Waals surface area contributed by atoms with Crippen LogP contribution in [0.4, 0.5) is 0 Å². The Hall–Kier alpha value is -1.72. The summed E-state index contributed by atoms with van der Waals surface area (Å²) in [4.78, 5) is 26.8. The lowest BCUT2D eigenvalue weighted by Crippen LogP contribution is -2.03. The van der Waals surface area contributed by atoms with Crippen molar-refractivity contribution >= 4 is 34.1 Å². The number of thiazole rings is 1. The fourth-order valence-electron chi connectivity index (χ4n) is 1.49. The molecule has 0 spiro atoms. The van der Waals surface area contributed by atoms with Gasteiger partial charge in [-0.2, -0.15) is 0 Å². The first-order valence-corrected chi connectivity index (χ1v) is 6.80. The Bertz CT molecular complexity index is 624. The van der Waals surface area contributed by atoms with Gasteiger partial charge in [-0.3, -0.25) is 4.79 Å². The van der Waals surface area contributed by atoms with Crippen LogP contribution in [0.5, 0.6) is 0 Å². The summed E-state index contributed by atoms with van der Waals surface area (Å²) in [6.45, 7) is 2.05. The van der Waals surface area contributed by atoms with Gasteiger partial charge in [-0.1, -0.05) is 18.2 Å². The molecule has 2 aromatic rings. The quantitative estimate of drug-likeness (QED) is 0.641. The predicted octanol–water partition coefficient (Wildman–Crippen LogP) is 3.37. The van der Waals surface area contributed by atoms with Gasteiger partial charge in [-0.05, 0) is 24.6 Å². The molecule has 6 heteroatoms. The highest BCUT2D eigenvalue weighted by Gasteiger charge is 2.13. The highest BCUT2D eigenvalue weighted by Crippen LogP contribution is 2.23. The molecule has 1 aromatic carbocycles. The lowest BCUT2D eigenvalue weighted by Gasteiger charge is -1.99. The van der Waals surface area contributed by atoms with Crippen molar-refractivity contribution in [2.45, 2.75) is 6.92 Å². The second-order valence-electron chi connectivity index (χ2n) is 3.61. The Balaban J connectivity index is 2.30. The van der Waals surface area contributed by atoms with Crippen LogP contribution in [-0.4, -0.2) is 22.8 Å². The molecule has 19 heavy (non-hydrogen) atoms. The summed E-state index contributed by atoms with van der Waals surface area (Å²) >= 11 is 6.63. The van der Waals surface area contributed by atoms with Crippen molar-refractivity contribution in [3.8, 4) is 11.3 Å². The van der Waals surface area contributed by atoms with Crippen LogP contribution in [0.1, 0.15) is 27.1 Å². The van der Waals surface area contributed by atoms with Crippen LogP contribution in [0.3, 0.4) is 0 Å². The molecule has 0 aliphatic heterocycles. The van der Waals surface area contributed by atoms with E-state index in [1.165, 1.54) is 11.3 Å². The van der Waals surface area contributed by atoms with E-state index in [9.17, 15) is 9.59 Å². The summed E-state index contributed by atoms with van der Waals surface area (Å²) in [5, 5.41) is 1.51. The first-order valence-electron chi connectivity index (χ1n) is 5.54. The molecule has 0 radical (unpaired) electrons. The third-order valence-corrected chi connectivity index (χ3v) is 3.38. The van der Waals surface area contributed by atoms with Gasteiger partial charge in [0.1, 0.15) is 0 Å². The molecule has 1 heterocycles. The summed E-state index contributed by atoms with van der Waals surface area (Å²) in [6, 6.07) is 6.78. The second-order valence-corrected chi connectivity index (χ2v) is 4.81. The average Bonchev–Trinajstić information content (AvgIpc) is 2.89. The SMILES string of the molecule is CCOC(=O)c1nc(-c2cccc(C(=O)Cl)c2)cs1. The molecule has 98 valence electrons. The maximum absolute atomic E-state index is 11.5. The zero-order valence-electron chi connectivity index (χ0n) is 10.1. The predicted molar refractivity (Wildman–Crippen MR) is 73.7 cm³/mol. The zero-order chi connectivity index (χ0) is 13.8. The summed E-state index contributed by atoms with van der Waals surface area (Å²) in [6.07, 6.45) is 0. The highest BCUT2D eigenvalue weighted by molar-refractivity contribution is 7.11. The number of benzene rings is 1. The Labute approximate surface area is 119 Å². The smallest absolute Gasteiger partial charge is 0.367 e. The van der Waals surface area contributed by atoms with Gasteiger partial charge < -0.3 is 4.74 Å². The number of rotatable bonds is 4. The maximum Gasteiger partial charge on any atom is 0.367 e. The van der Waals surface area contributed by atoms with E-state index in [-0.39, 0.29) is 0 Å². The number of hydrogen-bond donors (Lipinski definition) is 0. The Morgan fingerprint density at radius 3 is 2.89 bits per heavy atom. The molecule has 0 saturated heterocycles. The van der Waals surface area contributed by atoms with Crippen molar-refractivity contribution in [2.75, 3.05) is 6.61 Å². The van der Waals surface area contributed by atoms with Crippen LogP contribution in [0.25, 0.3) is 11.3 Å². The third-order valence-electron chi connectivity index (χ3n) is 2.34. The molecule has 0 aliphatic carbocycles. The number of esters is 1. The number of halogens is 1. The normalized spacial score (nSPS) is 10.2. The van der Waals surface area contributed by atoms with Crippen LogP contribution in [0.2, 0.25) is 0 Å². The van der Waals surface area contributed by atoms with Crippen LogP contribution in [0.15, 0.2) is 29.6 Å².